The van der Waals surface area contributed by atoms with Gasteiger partial charge in [-0.1, -0.05) is 0 Å². The zero-order chi connectivity index (χ0) is 6.85. The second-order valence-corrected chi connectivity index (χ2v) is 2.67. The zero-order valence-corrected chi connectivity index (χ0v) is 5.72. The zero-order valence-electron chi connectivity index (χ0n) is 5.72. The van der Waals surface area contributed by atoms with Crippen LogP contribution in [0.1, 0.15) is 12.8 Å². The molecule has 0 bridgehead atoms. The lowest BCUT2D eigenvalue weighted by molar-refractivity contribution is 0.369. The van der Waals surface area contributed by atoms with Crippen molar-refractivity contribution in [3.8, 4) is 0 Å². The van der Waals surface area contributed by atoms with Crippen molar-refractivity contribution in [1.82, 2.24) is 4.90 Å². The molecule has 1 aliphatic rings. The molecular formula is C6H13N3. The van der Waals surface area contributed by atoms with Crippen LogP contribution in [0.15, 0.2) is 0 Å². The van der Waals surface area contributed by atoms with Crippen molar-refractivity contribution < 1.29 is 0 Å². The van der Waals surface area contributed by atoms with Crippen molar-refractivity contribution in [3.63, 3.8) is 0 Å². The maximum atomic E-state index is 6.98. The number of hydrogen-bond acceptors (Lipinski definition) is 2. The fourth-order valence-electron chi connectivity index (χ4n) is 0.913. The summed E-state index contributed by atoms with van der Waals surface area (Å²) in [5.41, 5.74) is 5.20. The smallest absolute Gasteiger partial charge is 0.105 e. The van der Waals surface area contributed by atoms with E-state index in [9.17, 15) is 0 Å². The molecule has 3 nitrogen and oxygen atoms in total. The topological polar surface area (TPSA) is 53.1 Å². The normalized spacial score (nSPS) is 18.4. The highest BCUT2D eigenvalue weighted by atomic mass is 15.2. The molecule has 0 aromatic carbocycles. The Hall–Kier alpha value is -0.570. The van der Waals surface area contributed by atoms with Crippen molar-refractivity contribution in [2.75, 3.05) is 13.6 Å². The lowest BCUT2D eigenvalue weighted by Crippen LogP contribution is -2.31. The molecule has 1 rings (SSSR count). The molecule has 0 aromatic rings. The summed E-state index contributed by atoms with van der Waals surface area (Å²) in [5, 5.41) is 6.98. The number of likely N-dealkylation sites (N-methyl/N-ethyl adjacent to an activating group) is 1. The number of rotatable bonds is 3. The van der Waals surface area contributed by atoms with Gasteiger partial charge in [-0.25, -0.2) is 0 Å². The van der Waals surface area contributed by atoms with Crippen LogP contribution in [0, 0.1) is 5.41 Å². The van der Waals surface area contributed by atoms with Gasteiger partial charge in [0.05, 0.1) is 6.54 Å². The molecule has 1 aliphatic carbocycles. The molecule has 0 aliphatic heterocycles. The molecule has 0 saturated heterocycles. The SMILES string of the molecule is CN(CC(=N)N)C1CC1. The highest BCUT2D eigenvalue weighted by Gasteiger charge is 2.25. The number of hydrogen-bond donors (Lipinski definition) is 2. The Morgan fingerprint density at radius 3 is 2.67 bits per heavy atom. The van der Waals surface area contributed by atoms with Crippen LogP contribution in [0.3, 0.4) is 0 Å². The first-order valence-corrected chi connectivity index (χ1v) is 3.23. The highest BCUT2D eigenvalue weighted by Crippen LogP contribution is 2.24. The van der Waals surface area contributed by atoms with E-state index in [4.69, 9.17) is 11.1 Å². The molecule has 0 radical (unpaired) electrons. The molecule has 0 unspecified atom stereocenters. The van der Waals surface area contributed by atoms with Gasteiger partial charge in [-0.05, 0) is 19.9 Å². The van der Waals surface area contributed by atoms with Crippen LogP contribution in [-0.4, -0.2) is 30.4 Å². The minimum Gasteiger partial charge on any atom is -0.387 e. The summed E-state index contributed by atoms with van der Waals surface area (Å²) in [7, 11) is 2.01. The average molecular weight is 127 g/mol. The van der Waals surface area contributed by atoms with Gasteiger partial charge in [0.25, 0.3) is 0 Å². The van der Waals surface area contributed by atoms with Gasteiger partial charge in [-0.3, -0.25) is 10.3 Å². The second kappa shape index (κ2) is 2.35. The Morgan fingerprint density at radius 2 is 2.33 bits per heavy atom. The molecule has 9 heavy (non-hydrogen) atoms. The van der Waals surface area contributed by atoms with Gasteiger partial charge in [0.2, 0.25) is 0 Å². The van der Waals surface area contributed by atoms with E-state index < -0.39 is 0 Å². The van der Waals surface area contributed by atoms with Gasteiger partial charge in [0.1, 0.15) is 5.84 Å². The van der Waals surface area contributed by atoms with E-state index in [0.717, 1.165) is 0 Å². The molecule has 0 spiro atoms. The number of nitrogens with zero attached hydrogens (tertiary/aromatic N) is 1. The highest BCUT2D eigenvalue weighted by molar-refractivity contribution is 5.78. The summed E-state index contributed by atoms with van der Waals surface area (Å²) in [5.74, 6) is 0.268. The molecule has 0 aromatic heterocycles. The van der Waals surface area contributed by atoms with E-state index >= 15 is 0 Å². The van der Waals surface area contributed by atoms with E-state index in [0.29, 0.717) is 12.6 Å². The fourth-order valence-corrected chi connectivity index (χ4v) is 0.913. The van der Waals surface area contributed by atoms with E-state index in [1.807, 2.05) is 7.05 Å². The summed E-state index contributed by atoms with van der Waals surface area (Å²) in [6, 6.07) is 0.717. The standard InChI is InChI=1S/C6H13N3/c1-9(4-6(7)8)5-2-3-5/h5H,2-4H2,1H3,(H3,7,8). The van der Waals surface area contributed by atoms with Crippen LogP contribution in [0.25, 0.3) is 0 Å². The molecule has 1 fully saturated rings. The Labute approximate surface area is 55.3 Å². The first-order valence-electron chi connectivity index (χ1n) is 3.23. The van der Waals surface area contributed by atoms with Gasteiger partial charge >= 0.3 is 0 Å². The Kier molecular flexibility index (Phi) is 1.71. The summed E-state index contributed by atoms with van der Waals surface area (Å²) in [6.07, 6.45) is 2.56. The minimum atomic E-state index is 0.268. The summed E-state index contributed by atoms with van der Waals surface area (Å²) in [4.78, 5) is 2.13. The molecule has 0 heterocycles. The van der Waals surface area contributed by atoms with E-state index in [1.54, 1.807) is 0 Å². The van der Waals surface area contributed by atoms with Gasteiger partial charge in [-0.15, -0.1) is 0 Å². The summed E-state index contributed by atoms with van der Waals surface area (Å²) in [6.45, 7) is 0.630. The fraction of sp³-hybridized carbons (Fsp3) is 0.833. The first-order chi connectivity index (χ1) is 4.20. The van der Waals surface area contributed by atoms with Crippen LogP contribution >= 0.6 is 0 Å². The Balaban J connectivity index is 2.17. The summed E-state index contributed by atoms with van der Waals surface area (Å²) >= 11 is 0. The van der Waals surface area contributed by atoms with E-state index in [1.165, 1.54) is 12.8 Å². The lowest BCUT2D eigenvalue weighted by atomic mass is 10.5. The molecule has 1 saturated carbocycles. The van der Waals surface area contributed by atoms with Gasteiger partial charge in [0.15, 0.2) is 0 Å². The quantitative estimate of drug-likeness (QED) is 0.414. The minimum absolute atomic E-state index is 0.268. The van der Waals surface area contributed by atoms with Crippen LogP contribution in [-0.2, 0) is 0 Å². The second-order valence-electron chi connectivity index (χ2n) is 2.67. The maximum Gasteiger partial charge on any atom is 0.105 e. The van der Waals surface area contributed by atoms with Gasteiger partial charge in [-0.2, -0.15) is 0 Å². The average Bonchev–Trinajstić information content (AvgIpc) is 2.40. The van der Waals surface area contributed by atoms with Gasteiger partial charge < -0.3 is 5.73 Å². The van der Waals surface area contributed by atoms with Crippen LogP contribution in [0.5, 0.6) is 0 Å². The molecule has 3 heteroatoms. The van der Waals surface area contributed by atoms with Crippen molar-refractivity contribution >= 4 is 5.84 Å². The molecule has 0 amide bonds. The molecular weight excluding hydrogens is 114 g/mol. The molecule has 3 N–H and O–H groups in total. The Bertz CT molecular complexity index is 117. The maximum absolute atomic E-state index is 6.98. The third-order valence-corrected chi connectivity index (χ3v) is 1.59. The predicted octanol–water partition coefficient (Wildman–Crippen LogP) is 0.0166. The molecule has 0 atom stereocenters. The number of nitrogens with one attached hydrogen (secondary N) is 1. The largest absolute Gasteiger partial charge is 0.387 e. The van der Waals surface area contributed by atoms with Crippen molar-refractivity contribution in [1.29, 1.82) is 5.41 Å². The summed E-state index contributed by atoms with van der Waals surface area (Å²) < 4.78 is 0. The van der Waals surface area contributed by atoms with Crippen molar-refractivity contribution in [2.24, 2.45) is 5.73 Å². The lowest BCUT2D eigenvalue weighted by Gasteiger charge is -2.13. The van der Waals surface area contributed by atoms with Crippen LogP contribution < -0.4 is 5.73 Å². The van der Waals surface area contributed by atoms with Crippen molar-refractivity contribution in [3.05, 3.63) is 0 Å². The van der Waals surface area contributed by atoms with Crippen LogP contribution in [0.2, 0.25) is 0 Å². The first kappa shape index (κ1) is 6.55. The Morgan fingerprint density at radius 1 is 1.78 bits per heavy atom. The number of nitrogens with two attached hydrogens (primary N) is 1. The van der Waals surface area contributed by atoms with Crippen molar-refractivity contribution in [2.45, 2.75) is 18.9 Å². The third kappa shape index (κ3) is 2.01. The van der Waals surface area contributed by atoms with E-state index in [2.05, 4.69) is 4.90 Å². The predicted molar refractivity (Wildman–Crippen MR) is 37.6 cm³/mol. The van der Waals surface area contributed by atoms with Crippen LogP contribution in [0.4, 0.5) is 0 Å². The van der Waals surface area contributed by atoms with E-state index in [-0.39, 0.29) is 5.84 Å². The molecule has 52 valence electrons. The number of amidine groups is 1. The van der Waals surface area contributed by atoms with Gasteiger partial charge in [0, 0.05) is 6.04 Å². The third-order valence-electron chi connectivity index (χ3n) is 1.59. The monoisotopic (exact) mass is 127 g/mol.